The van der Waals surface area contributed by atoms with Gasteiger partial charge in [0.25, 0.3) is 0 Å². The monoisotopic (exact) mass is 242 g/mol. The van der Waals surface area contributed by atoms with E-state index in [-0.39, 0.29) is 17.5 Å². The van der Waals surface area contributed by atoms with E-state index in [9.17, 15) is 13.2 Å². The van der Waals surface area contributed by atoms with Gasteiger partial charge in [-0.25, -0.2) is 0 Å². The van der Waals surface area contributed by atoms with Crippen LogP contribution in [0.4, 0.5) is 13.2 Å². The summed E-state index contributed by atoms with van der Waals surface area (Å²) < 4.78 is 36.1. The van der Waals surface area contributed by atoms with E-state index in [1.54, 1.807) is 12.1 Å². The Hall–Kier alpha value is -1.16. The van der Waals surface area contributed by atoms with E-state index in [4.69, 9.17) is 0 Å². The van der Waals surface area contributed by atoms with Crippen molar-refractivity contribution in [2.45, 2.75) is 11.3 Å². The van der Waals surface area contributed by atoms with Gasteiger partial charge in [-0.2, -0.15) is 13.2 Å². The topological polar surface area (TPSA) is 0 Å². The third-order valence-electron chi connectivity index (χ3n) is 2.22. The molecule has 0 bridgehead atoms. The second-order valence-corrected chi connectivity index (χ2v) is 4.46. The van der Waals surface area contributed by atoms with Crippen molar-refractivity contribution in [1.29, 1.82) is 0 Å². The smallest absolute Gasteiger partial charge is 0.160 e. The normalized spacial score (nSPS) is 11.9. The van der Waals surface area contributed by atoms with Crippen molar-refractivity contribution in [3.63, 3.8) is 0 Å². The van der Waals surface area contributed by atoms with Crippen LogP contribution < -0.4 is 0 Å². The summed E-state index contributed by atoms with van der Waals surface area (Å²) in [4.78, 5) is 0. The van der Waals surface area contributed by atoms with Crippen LogP contribution in [0.1, 0.15) is 5.56 Å². The number of rotatable bonds is 2. The Balaban J connectivity index is 2.20. The van der Waals surface area contributed by atoms with Crippen molar-refractivity contribution >= 4 is 22.5 Å². The Kier molecular flexibility index (Phi) is 3.10. The second-order valence-electron chi connectivity index (χ2n) is 3.42. The van der Waals surface area contributed by atoms with Gasteiger partial charge in [-0.15, -0.1) is 0 Å². The standard InChI is InChI=1S/C12H9F3S/c13-12(14,15)16-8-9-5-6-10-3-1-2-4-11(10)7-9/h1-7H,8H2. The second kappa shape index (κ2) is 4.37. The maximum absolute atomic E-state index is 12.0. The third-order valence-corrected chi connectivity index (χ3v) is 3.02. The van der Waals surface area contributed by atoms with E-state index in [2.05, 4.69) is 0 Å². The Morgan fingerprint density at radius 3 is 2.31 bits per heavy atom. The van der Waals surface area contributed by atoms with Gasteiger partial charge in [0.2, 0.25) is 0 Å². The summed E-state index contributed by atoms with van der Waals surface area (Å²) >= 11 is -0.00478. The fraction of sp³-hybridized carbons (Fsp3) is 0.167. The summed E-state index contributed by atoms with van der Waals surface area (Å²) in [5.41, 5.74) is -3.47. The van der Waals surface area contributed by atoms with E-state index < -0.39 is 5.51 Å². The van der Waals surface area contributed by atoms with Crippen molar-refractivity contribution < 1.29 is 13.2 Å². The van der Waals surface area contributed by atoms with Gasteiger partial charge in [0.05, 0.1) is 0 Å². The Morgan fingerprint density at radius 1 is 0.938 bits per heavy atom. The van der Waals surface area contributed by atoms with E-state index in [1.165, 1.54) is 0 Å². The molecule has 0 N–H and O–H groups in total. The zero-order chi connectivity index (χ0) is 11.6. The zero-order valence-electron chi connectivity index (χ0n) is 8.29. The van der Waals surface area contributed by atoms with Crippen molar-refractivity contribution in [2.75, 3.05) is 0 Å². The van der Waals surface area contributed by atoms with Crippen LogP contribution >= 0.6 is 11.8 Å². The Bertz CT molecular complexity index is 491. The van der Waals surface area contributed by atoms with Gasteiger partial charge >= 0.3 is 5.51 Å². The van der Waals surface area contributed by atoms with Crippen LogP contribution in [0.15, 0.2) is 42.5 Å². The molecule has 0 heterocycles. The highest BCUT2D eigenvalue weighted by molar-refractivity contribution is 7.99. The first-order valence-electron chi connectivity index (χ1n) is 4.73. The lowest BCUT2D eigenvalue weighted by Crippen LogP contribution is -2.00. The molecular weight excluding hydrogens is 233 g/mol. The van der Waals surface area contributed by atoms with E-state index >= 15 is 0 Å². The molecule has 0 amide bonds. The highest BCUT2D eigenvalue weighted by Crippen LogP contribution is 2.33. The Morgan fingerprint density at radius 2 is 1.62 bits per heavy atom. The lowest BCUT2D eigenvalue weighted by molar-refractivity contribution is -0.0329. The largest absolute Gasteiger partial charge is 0.442 e. The van der Waals surface area contributed by atoms with Crippen molar-refractivity contribution in [3.8, 4) is 0 Å². The van der Waals surface area contributed by atoms with Crippen molar-refractivity contribution in [2.24, 2.45) is 0 Å². The predicted octanol–water partition coefficient (Wildman–Crippen LogP) is 4.59. The average molecular weight is 242 g/mol. The van der Waals surface area contributed by atoms with E-state index in [1.807, 2.05) is 30.3 Å². The number of thioether (sulfide) groups is 1. The minimum atomic E-state index is -4.16. The molecule has 0 saturated heterocycles. The highest BCUT2D eigenvalue weighted by atomic mass is 32.2. The first-order valence-corrected chi connectivity index (χ1v) is 5.71. The lowest BCUT2D eigenvalue weighted by Gasteiger charge is -2.06. The van der Waals surface area contributed by atoms with Gasteiger partial charge in [0.15, 0.2) is 0 Å². The molecule has 2 aromatic rings. The van der Waals surface area contributed by atoms with Gasteiger partial charge in [-0.1, -0.05) is 42.5 Å². The fourth-order valence-corrected chi connectivity index (χ4v) is 2.00. The summed E-state index contributed by atoms with van der Waals surface area (Å²) in [6.45, 7) is 0. The SMILES string of the molecule is FC(F)(F)SCc1ccc2ccccc2c1. The van der Waals surface area contributed by atoms with Gasteiger partial charge in [0, 0.05) is 5.75 Å². The van der Waals surface area contributed by atoms with Crippen molar-refractivity contribution in [1.82, 2.24) is 0 Å². The average Bonchev–Trinajstić information content (AvgIpc) is 2.25. The predicted molar refractivity (Wildman–Crippen MR) is 61.3 cm³/mol. The molecule has 0 aliphatic rings. The number of alkyl halides is 3. The van der Waals surface area contributed by atoms with Crippen LogP contribution in [0, 0.1) is 0 Å². The highest BCUT2D eigenvalue weighted by Gasteiger charge is 2.27. The molecule has 2 aromatic carbocycles. The molecule has 0 fully saturated rings. The fourth-order valence-electron chi connectivity index (χ4n) is 1.49. The summed E-state index contributed by atoms with van der Waals surface area (Å²) in [7, 11) is 0. The molecule has 0 aromatic heterocycles. The summed E-state index contributed by atoms with van der Waals surface area (Å²) in [6.07, 6.45) is 0. The summed E-state index contributed by atoms with van der Waals surface area (Å²) in [5.74, 6) is -0.0334. The van der Waals surface area contributed by atoms with Gasteiger partial charge < -0.3 is 0 Å². The molecule has 0 saturated carbocycles. The third kappa shape index (κ3) is 2.92. The molecule has 0 spiro atoms. The maximum atomic E-state index is 12.0. The lowest BCUT2D eigenvalue weighted by atomic mass is 10.1. The maximum Gasteiger partial charge on any atom is 0.442 e. The molecule has 0 nitrogen and oxygen atoms in total. The molecule has 16 heavy (non-hydrogen) atoms. The van der Waals surface area contributed by atoms with E-state index in [0.717, 1.165) is 10.8 Å². The van der Waals surface area contributed by atoms with Gasteiger partial charge in [0.1, 0.15) is 0 Å². The van der Waals surface area contributed by atoms with Crippen LogP contribution in [0.25, 0.3) is 10.8 Å². The molecular formula is C12H9F3S. The van der Waals surface area contributed by atoms with Crippen molar-refractivity contribution in [3.05, 3.63) is 48.0 Å². The van der Waals surface area contributed by atoms with Gasteiger partial charge in [-0.05, 0) is 28.1 Å². The van der Waals surface area contributed by atoms with Crippen LogP contribution in [0.3, 0.4) is 0 Å². The number of hydrogen-bond acceptors (Lipinski definition) is 1. The summed E-state index contributed by atoms with van der Waals surface area (Å²) in [5, 5.41) is 2.02. The molecule has 84 valence electrons. The minimum absolute atomic E-state index is 0.00478. The van der Waals surface area contributed by atoms with Crippen LogP contribution in [0.5, 0.6) is 0 Å². The first kappa shape index (κ1) is 11.3. The molecule has 0 unspecified atom stereocenters. The first-order chi connectivity index (χ1) is 7.54. The van der Waals surface area contributed by atoms with Crippen LogP contribution in [-0.2, 0) is 5.75 Å². The van der Waals surface area contributed by atoms with Gasteiger partial charge in [-0.3, -0.25) is 0 Å². The number of hydrogen-bond donors (Lipinski definition) is 0. The summed E-state index contributed by atoms with van der Waals surface area (Å²) in [6, 6.07) is 13.0. The molecule has 4 heteroatoms. The minimum Gasteiger partial charge on any atom is -0.160 e. The van der Waals surface area contributed by atoms with E-state index in [0.29, 0.717) is 5.56 Å². The molecule has 2 rings (SSSR count). The van der Waals surface area contributed by atoms with Crippen LogP contribution in [-0.4, -0.2) is 5.51 Å². The molecule has 0 atom stereocenters. The number of halogens is 3. The number of benzene rings is 2. The Labute approximate surface area is 95.5 Å². The zero-order valence-corrected chi connectivity index (χ0v) is 9.11. The quantitative estimate of drug-likeness (QED) is 0.742. The molecule has 0 aliphatic heterocycles. The molecule has 0 aliphatic carbocycles. The molecule has 0 radical (unpaired) electrons. The van der Waals surface area contributed by atoms with Crippen LogP contribution in [0.2, 0.25) is 0 Å². The number of fused-ring (bicyclic) bond motifs is 1.